The fraction of sp³-hybridized carbons (Fsp3) is 0.0500. The summed E-state index contributed by atoms with van der Waals surface area (Å²) in [7, 11) is 0. The molecule has 10 aromatic carbocycles. The Labute approximate surface area is 380 Å². The number of rotatable bonds is 7. The molecule has 0 saturated carbocycles. The Bertz CT molecular complexity index is 3780. The van der Waals surface area contributed by atoms with E-state index in [4.69, 9.17) is 9.40 Å². The largest absolute Gasteiger partial charge is 0.456 e. The number of anilines is 6. The van der Waals surface area contributed by atoms with E-state index >= 15 is 0 Å². The van der Waals surface area contributed by atoms with E-state index in [1.807, 2.05) is 6.07 Å². The van der Waals surface area contributed by atoms with Crippen LogP contribution in [0.3, 0.4) is 0 Å². The number of fused-ring (bicyclic) bond motifs is 11. The topological polar surface area (TPSA) is 32.5 Å². The lowest BCUT2D eigenvalue weighted by atomic mass is 9.79. The van der Waals surface area contributed by atoms with Gasteiger partial charge in [0.25, 0.3) is 0 Å². The smallest absolute Gasteiger partial charge is 0.135 e. The third-order valence-corrected chi connectivity index (χ3v) is 14.5. The minimum absolute atomic E-state index is 0.320. The van der Waals surface area contributed by atoms with E-state index in [1.54, 1.807) is 11.3 Å². The summed E-state index contributed by atoms with van der Waals surface area (Å²) in [5, 5.41) is 8.14. The lowest BCUT2D eigenvalue weighted by Gasteiger charge is -2.31. The molecular weight excluding hydrogens is 811 g/mol. The molecule has 13 rings (SSSR count). The molecule has 0 N–H and O–H groups in total. The van der Waals surface area contributed by atoms with Crippen LogP contribution in [0.2, 0.25) is 0 Å². The van der Waals surface area contributed by atoms with Crippen LogP contribution in [0.1, 0.15) is 25.0 Å². The molecule has 308 valence electrons. The van der Waals surface area contributed by atoms with Crippen molar-refractivity contribution in [3.05, 3.63) is 223 Å². The van der Waals surface area contributed by atoms with Gasteiger partial charge in [-0.05, 0) is 124 Å². The Balaban J connectivity index is 1.15. The van der Waals surface area contributed by atoms with E-state index in [0.29, 0.717) is 0 Å². The third-order valence-electron chi connectivity index (χ3n) is 13.4. The van der Waals surface area contributed by atoms with Gasteiger partial charge in [-0.3, -0.25) is 0 Å². The highest BCUT2D eigenvalue weighted by Gasteiger charge is 2.40. The van der Waals surface area contributed by atoms with Crippen LogP contribution < -0.4 is 9.80 Å². The van der Waals surface area contributed by atoms with Crippen LogP contribution >= 0.6 is 11.3 Å². The average Bonchev–Trinajstić information content (AvgIpc) is 4.03. The van der Waals surface area contributed by atoms with Crippen LogP contribution in [0.15, 0.2) is 217 Å². The molecule has 12 aromatic rings. The van der Waals surface area contributed by atoms with E-state index in [2.05, 4.69) is 230 Å². The maximum Gasteiger partial charge on any atom is 0.135 e. The molecule has 0 atom stereocenters. The van der Waals surface area contributed by atoms with Gasteiger partial charge in [0.2, 0.25) is 0 Å². The van der Waals surface area contributed by atoms with Crippen LogP contribution in [0, 0.1) is 0 Å². The first-order chi connectivity index (χ1) is 32.0. The molecule has 0 spiro atoms. The Morgan fingerprint density at radius 1 is 0.462 bits per heavy atom. The Kier molecular flexibility index (Phi) is 8.39. The predicted molar refractivity (Wildman–Crippen MR) is 274 cm³/mol. The molecule has 0 unspecified atom stereocenters. The highest BCUT2D eigenvalue weighted by molar-refractivity contribution is 7.22. The van der Waals surface area contributed by atoms with Crippen molar-refractivity contribution in [1.29, 1.82) is 0 Å². The summed E-state index contributed by atoms with van der Waals surface area (Å²) in [6, 6.07) is 76.6. The molecule has 0 aliphatic heterocycles. The van der Waals surface area contributed by atoms with Crippen LogP contribution in [0.25, 0.3) is 75.4 Å². The van der Waals surface area contributed by atoms with Crippen molar-refractivity contribution >= 4 is 99.2 Å². The molecular formula is C60H41N3OS. The number of benzene rings is 10. The van der Waals surface area contributed by atoms with Gasteiger partial charge in [-0.15, -0.1) is 11.3 Å². The maximum absolute atomic E-state index is 6.45. The SMILES string of the molecule is CC1(C)c2cc3ccccc3cc2-c2c(N(c3cccc(N(c4ccccc4)c4ccccc4)c3)c3ccc4oc5ccccc5c4c3)cc3c(ccc4nc(-c5ccccc5)sc43)c21. The number of furan rings is 1. The zero-order valence-corrected chi connectivity index (χ0v) is 36.7. The van der Waals surface area contributed by atoms with Crippen molar-refractivity contribution in [3.63, 3.8) is 0 Å². The molecule has 2 heterocycles. The lowest BCUT2D eigenvalue weighted by Crippen LogP contribution is -2.17. The van der Waals surface area contributed by atoms with Crippen molar-refractivity contribution in [3.8, 4) is 21.7 Å². The summed E-state index contributed by atoms with van der Waals surface area (Å²) in [5.74, 6) is 0. The molecule has 0 saturated heterocycles. The fourth-order valence-corrected chi connectivity index (χ4v) is 11.5. The maximum atomic E-state index is 6.45. The Morgan fingerprint density at radius 3 is 1.83 bits per heavy atom. The van der Waals surface area contributed by atoms with Crippen molar-refractivity contribution in [2.24, 2.45) is 0 Å². The molecule has 4 nitrogen and oxygen atoms in total. The second-order valence-corrected chi connectivity index (χ2v) is 18.5. The van der Waals surface area contributed by atoms with E-state index in [0.717, 1.165) is 72.2 Å². The second-order valence-electron chi connectivity index (χ2n) is 17.6. The molecule has 0 bridgehead atoms. The molecule has 0 amide bonds. The monoisotopic (exact) mass is 851 g/mol. The van der Waals surface area contributed by atoms with Crippen LogP contribution in [0.4, 0.5) is 34.1 Å². The lowest BCUT2D eigenvalue weighted by molar-refractivity contribution is 0.667. The average molecular weight is 852 g/mol. The zero-order chi connectivity index (χ0) is 43.2. The number of hydrogen-bond acceptors (Lipinski definition) is 5. The third kappa shape index (κ3) is 5.93. The molecule has 1 aliphatic carbocycles. The minimum atomic E-state index is -0.320. The number of nitrogens with zero attached hydrogens (tertiary/aromatic N) is 3. The van der Waals surface area contributed by atoms with Crippen LogP contribution in [-0.4, -0.2) is 4.98 Å². The molecule has 2 aromatic heterocycles. The first-order valence-corrected chi connectivity index (χ1v) is 23.0. The molecule has 5 heteroatoms. The number of hydrogen-bond donors (Lipinski definition) is 0. The normalized spacial score (nSPS) is 12.9. The highest BCUT2D eigenvalue weighted by Crippen LogP contribution is 2.59. The first-order valence-electron chi connectivity index (χ1n) is 22.2. The summed E-state index contributed by atoms with van der Waals surface area (Å²) >= 11 is 1.78. The summed E-state index contributed by atoms with van der Waals surface area (Å²) in [6.45, 7) is 4.82. The molecule has 65 heavy (non-hydrogen) atoms. The number of para-hydroxylation sites is 3. The Hall–Kier alpha value is -7.99. The van der Waals surface area contributed by atoms with Crippen molar-refractivity contribution in [2.45, 2.75) is 19.3 Å². The number of thiazole rings is 1. The van der Waals surface area contributed by atoms with Gasteiger partial charge in [0.1, 0.15) is 16.2 Å². The molecule has 1 aliphatic rings. The van der Waals surface area contributed by atoms with Gasteiger partial charge in [-0.1, -0.05) is 135 Å². The minimum Gasteiger partial charge on any atom is -0.456 e. The van der Waals surface area contributed by atoms with Gasteiger partial charge in [0.15, 0.2) is 0 Å². The highest BCUT2D eigenvalue weighted by atomic mass is 32.1. The predicted octanol–water partition coefficient (Wildman–Crippen LogP) is 17.4. The Morgan fingerprint density at radius 2 is 1.08 bits per heavy atom. The fourth-order valence-electron chi connectivity index (χ4n) is 10.4. The van der Waals surface area contributed by atoms with Crippen LogP contribution in [0.5, 0.6) is 0 Å². The van der Waals surface area contributed by atoms with E-state index in [-0.39, 0.29) is 5.41 Å². The van der Waals surface area contributed by atoms with Gasteiger partial charge in [0.05, 0.1) is 15.9 Å². The van der Waals surface area contributed by atoms with E-state index < -0.39 is 0 Å². The van der Waals surface area contributed by atoms with E-state index in [9.17, 15) is 0 Å². The van der Waals surface area contributed by atoms with Gasteiger partial charge in [-0.25, -0.2) is 4.98 Å². The second kappa shape index (κ2) is 14.5. The van der Waals surface area contributed by atoms with Gasteiger partial charge >= 0.3 is 0 Å². The van der Waals surface area contributed by atoms with Crippen molar-refractivity contribution in [2.75, 3.05) is 9.80 Å². The summed E-state index contributed by atoms with van der Waals surface area (Å²) in [4.78, 5) is 10.1. The van der Waals surface area contributed by atoms with Gasteiger partial charge in [0, 0.05) is 61.1 Å². The zero-order valence-electron chi connectivity index (χ0n) is 35.9. The van der Waals surface area contributed by atoms with Crippen LogP contribution in [-0.2, 0) is 5.41 Å². The van der Waals surface area contributed by atoms with Crippen molar-refractivity contribution in [1.82, 2.24) is 4.98 Å². The van der Waals surface area contributed by atoms with Crippen molar-refractivity contribution < 1.29 is 4.42 Å². The summed E-state index contributed by atoms with van der Waals surface area (Å²) in [5.41, 5.74) is 15.2. The standard InChI is InChI=1S/C60H41N3OS/c1-60(2)51-34-40-20-13-12-19-39(40)33-50(51)56-53(37-49-47(57(56)60)30-31-52-58(49)65-59(61-52)38-17-6-3-7-18-38)63(45-29-32-55-48(36-45)46-27-14-15-28-54(46)64-55)44-26-16-25-43(35-44)62(41-21-8-4-9-22-41)42-23-10-5-11-24-42/h3-37H,1-2H3. The summed E-state index contributed by atoms with van der Waals surface area (Å²) in [6.07, 6.45) is 0. The quantitative estimate of drug-likeness (QED) is 0.160. The van der Waals surface area contributed by atoms with Gasteiger partial charge < -0.3 is 14.2 Å². The first kappa shape index (κ1) is 37.6. The summed E-state index contributed by atoms with van der Waals surface area (Å²) < 4.78 is 7.64. The molecule has 0 radical (unpaired) electrons. The van der Waals surface area contributed by atoms with E-state index in [1.165, 1.54) is 48.5 Å². The number of aromatic nitrogens is 1. The van der Waals surface area contributed by atoms with Gasteiger partial charge in [-0.2, -0.15) is 0 Å². The molecule has 0 fully saturated rings.